The van der Waals surface area contributed by atoms with Gasteiger partial charge in [-0.3, -0.25) is 19.3 Å². The molecule has 1 rings (SSSR count). The maximum absolute atomic E-state index is 12.1. The van der Waals surface area contributed by atoms with Crippen molar-refractivity contribution in [1.82, 2.24) is 15.5 Å². The molecular weight excluding hydrogens is 376 g/mol. The Balaban J connectivity index is 2.24. The Morgan fingerprint density at radius 3 is 2.32 bits per heavy atom. The summed E-state index contributed by atoms with van der Waals surface area (Å²) in [5.74, 6) is -0.477. The fraction of sp³-hybridized carbons (Fsp3) is 0.850. The van der Waals surface area contributed by atoms with E-state index in [9.17, 15) is 14.4 Å². The molecule has 0 bridgehead atoms. The lowest BCUT2D eigenvalue weighted by atomic mass is 9.88. The number of carbonyl (C=O) groups excluding carboxylic acids is 3. The number of likely N-dealkylation sites (tertiary alicyclic amines) is 1. The predicted octanol–water partition coefficient (Wildman–Crippen LogP) is 1.36. The van der Waals surface area contributed by atoms with E-state index in [1.165, 1.54) is 16.7 Å². The van der Waals surface area contributed by atoms with Crippen molar-refractivity contribution >= 4 is 29.5 Å². The molecule has 1 saturated heterocycles. The molecule has 3 amide bonds. The van der Waals surface area contributed by atoms with Gasteiger partial charge in [-0.05, 0) is 49.6 Å². The summed E-state index contributed by atoms with van der Waals surface area (Å²) in [5, 5.41) is 6.09. The van der Waals surface area contributed by atoms with E-state index in [4.69, 9.17) is 5.73 Å². The van der Waals surface area contributed by atoms with Crippen molar-refractivity contribution in [2.75, 3.05) is 39.0 Å². The second-order valence-electron chi connectivity index (χ2n) is 9.12. The number of hydrogen-bond donors (Lipinski definition) is 3. The molecular formula is C20H38N4O3S. The smallest absolute Gasteiger partial charge is 0.242 e. The van der Waals surface area contributed by atoms with Crippen molar-refractivity contribution in [3.05, 3.63) is 0 Å². The SMILES string of the molecule is CSC1CC(=O)N(CCC(=O)NCC(C)(C)CCNCCC(C)(C)CN)C1=O. The highest BCUT2D eigenvalue weighted by molar-refractivity contribution is 8.00. The first-order valence-electron chi connectivity index (χ1n) is 10.1. The molecule has 162 valence electrons. The van der Waals surface area contributed by atoms with Gasteiger partial charge in [0.05, 0.1) is 5.25 Å². The van der Waals surface area contributed by atoms with E-state index in [1.54, 1.807) is 0 Å². The average molecular weight is 415 g/mol. The lowest BCUT2D eigenvalue weighted by Crippen LogP contribution is -2.39. The van der Waals surface area contributed by atoms with E-state index in [0.717, 1.165) is 25.9 Å². The van der Waals surface area contributed by atoms with Crippen molar-refractivity contribution in [1.29, 1.82) is 0 Å². The number of hydrogen-bond acceptors (Lipinski definition) is 6. The Labute approximate surface area is 173 Å². The second kappa shape index (κ2) is 11.2. The van der Waals surface area contributed by atoms with Crippen LogP contribution in [0.15, 0.2) is 0 Å². The number of imide groups is 1. The van der Waals surface area contributed by atoms with Crippen molar-refractivity contribution in [3.8, 4) is 0 Å². The molecule has 1 unspecified atom stereocenters. The molecule has 0 saturated carbocycles. The van der Waals surface area contributed by atoms with E-state index in [1.807, 2.05) is 6.26 Å². The van der Waals surface area contributed by atoms with Gasteiger partial charge >= 0.3 is 0 Å². The number of thioether (sulfide) groups is 1. The normalized spacial score (nSPS) is 18.1. The van der Waals surface area contributed by atoms with Crippen LogP contribution < -0.4 is 16.4 Å². The van der Waals surface area contributed by atoms with Gasteiger partial charge in [0.15, 0.2) is 0 Å². The van der Waals surface area contributed by atoms with Gasteiger partial charge in [0.1, 0.15) is 0 Å². The van der Waals surface area contributed by atoms with Crippen LogP contribution in [0.3, 0.4) is 0 Å². The highest BCUT2D eigenvalue weighted by Gasteiger charge is 2.37. The molecule has 1 fully saturated rings. The third-order valence-electron chi connectivity index (χ3n) is 5.32. The molecule has 1 heterocycles. The minimum absolute atomic E-state index is 0.0325. The standard InChI is InChI=1S/C20H38N4O3S/c1-19(2,13-21)7-9-22-10-8-20(3,4)14-23-16(25)6-11-24-17(26)12-15(28-5)18(24)27/h15,22H,6-14,21H2,1-5H3,(H,23,25). The van der Waals surface area contributed by atoms with Crippen LogP contribution in [0.5, 0.6) is 0 Å². The summed E-state index contributed by atoms with van der Waals surface area (Å²) in [7, 11) is 0. The number of rotatable bonds is 13. The third kappa shape index (κ3) is 8.49. The Bertz CT molecular complexity index is 552. The molecule has 1 aliphatic heterocycles. The summed E-state index contributed by atoms with van der Waals surface area (Å²) in [6.45, 7) is 11.8. The summed E-state index contributed by atoms with van der Waals surface area (Å²) in [6, 6.07) is 0. The first-order valence-corrected chi connectivity index (χ1v) is 11.3. The zero-order chi connectivity index (χ0) is 21.4. The van der Waals surface area contributed by atoms with Gasteiger partial charge in [0.25, 0.3) is 0 Å². The Kier molecular flexibility index (Phi) is 9.94. The van der Waals surface area contributed by atoms with Gasteiger partial charge in [0.2, 0.25) is 17.7 Å². The molecule has 0 aromatic heterocycles. The van der Waals surface area contributed by atoms with E-state index >= 15 is 0 Å². The van der Waals surface area contributed by atoms with Crippen molar-refractivity contribution in [3.63, 3.8) is 0 Å². The van der Waals surface area contributed by atoms with Crippen LogP contribution in [0.25, 0.3) is 0 Å². The minimum Gasteiger partial charge on any atom is -0.356 e. The summed E-state index contributed by atoms with van der Waals surface area (Å²) in [4.78, 5) is 37.3. The van der Waals surface area contributed by atoms with Crippen LogP contribution in [0.1, 0.15) is 53.4 Å². The van der Waals surface area contributed by atoms with Gasteiger partial charge in [0, 0.05) is 25.9 Å². The molecule has 0 aliphatic carbocycles. The lowest BCUT2D eigenvalue weighted by Gasteiger charge is -2.26. The van der Waals surface area contributed by atoms with E-state index in [2.05, 4.69) is 38.3 Å². The summed E-state index contributed by atoms with van der Waals surface area (Å²) < 4.78 is 0. The zero-order valence-corrected chi connectivity index (χ0v) is 18.9. The molecule has 0 aromatic carbocycles. The Hall–Kier alpha value is -1.12. The number of nitrogens with one attached hydrogen (secondary N) is 2. The highest BCUT2D eigenvalue weighted by Crippen LogP contribution is 2.23. The van der Waals surface area contributed by atoms with E-state index in [-0.39, 0.29) is 53.2 Å². The van der Waals surface area contributed by atoms with Crippen molar-refractivity contribution in [2.24, 2.45) is 16.6 Å². The van der Waals surface area contributed by atoms with Gasteiger partial charge in [-0.25, -0.2) is 0 Å². The maximum atomic E-state index is 12.1. The molecule has 0 spiro atoms. The first kappa shape index (κ1) is 24.9. The molecule has 7 nitrogen and oxygen atoms in total. The van der Waals surface area contributed by atoms with Crippen LogP contribution in [-0.2, 0) is 14.4 Å². The molecule has 28 heavy (non-hydrogen) atoms. The fourth-order valence-corrected chi connectivity index (χ4v) is 3.52. The summed E-state index contributed by atoms with van der Waals surface area (Å²) in [5.41, 5.74) is 5.87. The summed E-state index contributed by atoms with van der Waals surface area (Å²) >= 11 is 1.38. The van der Waals surface area contributed by atoms with E-state index < -0.39 is 0 Å². The van der Waals surface area contributed by atoms with Gasteiger partial charge < -0.3 is 16.4 Å². The van der Waals surface area contributed by atoms with Crippen molar-refractivity contribution in [2.45, 2.75) is 58.6 Å². The number of nitrogens with two attached hydrogens (primary N) is 1. The van der Waals surface area contributed by atoms with E-state index in [0.29, 0.717) is 13.1 Å². The molecule has 1 aliphatic rings. The number of carbonyl (C=O) groups is 3. The number of nitrogens with zero attached hydrogens (tertiary/aromatic N) is 1. The topological polar surface area (TPSA) is 105 Å². The predicted molar refractivity (Wildman–Crippen MR) is 115 cm³/mol. The monoisotopic (exact) mass is 414 g/mol. The second-order valence-corrected chi connectivity index (χ2v) is 10.2. The molecule has 1 atom stereocenters. The minimum atomic E-state index is -0.294. The maximum Gasteiger partial charge on any atom is 0.242 e. The third-order valence-corrected chi connectivity index (χ3v) is 6.26. The van der Waals surface area contributed by atoms with Crippen LogP contribution in [0.4, 0.5) is 0 Å². The van der Waals surface area contributed by atoms with Crippen LogP contribution in [-0.4, -0.2) is 66.9 Å². The molecule has 0 aromatic rings. The van der Waals surface area contributed by atoms with Gasteiger partial charge in [-0.15, -0.1) is 0 Å². The van der Waals surface area contributed by atoms with Gasteiger partial charge in [-0.1, -0.05) is 27.7 Å². The fourth-order valence-electron chi connectivity index (χ4n) is 2.88. The molecule has 8 heteroatoms. The van der Waals surface area contributed by atoms with Crippen LogP contribution in [0.2, 0.25) is 0 Å². The Morgan fingerprint density at radius 1 is 1.18 bits per heavy atom. The van der Waals surface area contributed by atoms with Crippen LogP contribution >= 0.6 is 11.8 Å². The summed E-state index contributed by atoms with van der Waals surface area (Å²) in [6.07, 6.45) is 4.19. The zero-order valence-electron chi connectivity index (χ0n) is 18.1. The average Bonchev–Trinajstić information content (AvgIpc) is 2.91. The quantitative estimate of drug-likeness (QED) is 0.311. The van der Waals surface area contributed by atoms with Gasteiger partial charge in [-0.2, -0.15) is 11.8 Å². The number of amides is 3. The largest absolute Gasteiger partial charge is 0.356 e. The van der Waals surface area contributed by atoms with Crippen LogP contribution in [0, 0.1) is 10.8 Å². The molecule has 4 N–H and O–H groups in total. The first-order chi connectivity index (χ1) is 13.0. The molecule has 0 radical (unpaired) electrons. The highest BCUT2D eigenvalue weighted by atomic mass is 32.2. The van der Waals surface area contributed by atoms with Crippen molar-refractivity contribution < 1.29 is 14.4 Å². The lowest BCUT2D eigenvalue weighted by molar-refractivity contribution is -0.138. The Morgan fingerprint density at radius 2 is 1.79 bits per heavy atom.